The van der Waals surface area contributed by atoms with Crippen molar-refractivity contribution in [2.45, 2.75) is 49.7 Å². The van der Waals surface area contributed by atoms with Crippen molar-refractivity contribution in [2.24, 2.45) is 0 Å². The molecule has 1 fully saturated rings. The molecule has 0 aliphatic carbocycles. The summed E-state index contributed by atoms with van der Waals surface area (Å²) in [5, 5.41) is 21.0. The first-order valence-corrected chi connectivity index (χ1v) is 17.2. The second-order valence-electron chi connectivity index (χ2n) is 10.2. The molecule has 1 saturated heterocycles. The largest absolute Gasteiger partial charge is 0.507 e. The number of Topliss-reactive ketones (excluding diaryl/α,β-unsaturated/α-hetero) is 1. The molecule has 46 heavy (non-hydrogen) atoms. The predicted molar refractivity (Wildman–Crippen MR) is 181 cm³/mol. The maximum Gasteiger partial charge on any atom is 0.301 e. The summed E-state index contributed by atoms with van der Waals surface area (Å²) in [6.45, 7) is 7.20. The first-order valence-electron chi connectivity index (χ1n) is 15.0. The zero-order valence-corrected chi connectivity index (χ0v) is 28.1. The number of aliphatic hydroxyl groups excluding tert-OH is 1. The van der Waals surface area contributed by atoms with Crippen molar-refractivity contribution in [3.05, 3.63) is 94.0 Å². The van der Waals surface area contributed by atoms with Crippen molar-refractivity contribution in [3.8, 4) is 17.2 Å². The number of ether oxygens (including phenoxy) is 3. The van der Waals surface area contributed by atoms with E-state index >= 15 is 0 Å². The number of amides is 1. The number of ketones is 1. The van der Waals surface area contributed by atoms with E-state index in [0.29, 0.717) is 63.3 Å². The summed E-state index contributed by atoms with van der Waals surface area (Å²) >= 11 is 8.94. The van der Waals surface area contributed by atoms with E-state index in [9.17, 15) is 14.7 Å². The molecule has 1 aliphatic heterocycles. The molecule has 2 heterocycles. The number of nitrogens with zero attached hydrogens (tertiary/aromatic N) is 3. The van der Waals surface area contributed by atoms with E-state index in [1.54, 1.807) is 42.5 Å². The lowest BCUT2D eigenvalue weighted by molar-refractivity contribution is -0.132. The third-order valence-electron chi connectivity index (χ3n) is 7.13. The van der Waals surface area contributed by atoms with Crippen LogP contribution in [0, 0.1) is 0 Å². The predicted octanol–water partition coefficient (Wildman–Crippen LogP) is 8.09. The number of carbonyl (C=O) groups is 2. The van der Waals surface area contributed by atoms with Gasteiger partial charge in [0.2, 0.25) is 5.13 Å². The fourth-order valence-electron chi connectivity index (χ4n) is 4.90. The standard InChI is InChI=1S/C34H34ClN3O6S2/c1-4-7-18-44-26-17-14-22(19-27(26)43-6-3)29-28(30(39)21-12-15-24(16-13-21)42-5-2)31(40)32(41)38(29)33-36-37-34(46-33)45-20-23-10-8-9-11-25(23)35/h8-17,19,29,39H,4-7,18,20H2,1-3H3/b30-28+. The van der Waals surface area contributed by atoms with Crippen LogP contribution < -0.4 is 19.1 Å². The first-order chi connectivity index (χ1) is 22.4. The van der Waals surface area contributed by atoms with Crippen LogP contribution in [-0.2, 0) is 15.3 Å². The van der Waals surface area contributed by atoms with Gasteiger partial charge in [-0.2, -0.15) is 0 Å². The first kappa shape index (κ1) is 33.3. The van der Waals surface area contributed by atoms with Gasteiger partial charge in [0.25, 0.3) is 5.78 Å². The highest BCUT2D eigenvalue weighted by Crippen LogP contribution is 2.46. The van der Waals surface area contributed by atoms with Gasteiger partial charge >= 0.3 is 5.91 Å². The SMILES string of the molecule is CCCCOc1ccc(C2/C(=C(\O)c3ccc(OCC)cc3)C(=O)C(=O)N2c2nnc(SCc3ccccc3Cl)s2)cc1OCC. The van der Waals surface area contributed by atoms with Gasteiger partial charge in [0.15, 0.2) is 15.8 Å². The van der Waals surface area contributed by atoms with Gasteiger partial charge in [0, 0.05) is 16.3 Å². The number of unbranched alkanes of at least 4 members (excludes halogenated alkanes) is 1. The molecule has 1 aliphatic rings. The van der Waals surface area contributed by atoms with Crippen LogP contribution in [0.2, 0.25) is 5.02 Å². The van der Waals surface area contributed by atoms with E-state index in [2.05, 4.69) is 17.1 Å². The molecule has 5 rings (SSSR count). The molecule has 0 bridgehead atoms. The van der Waals surface area contributed by atoms with Crippen LogP contribution in [0.1, 0.15) is 56.3 Å². The van der Waals surface area contributed by atoms with E-state index in [4.69, 9.17) is 25.8 Å². The monoisotopic (exact) mass is 679 g/mol. The molecular weight excluding hydrogens is 646 g/mol. The number of rotatable bonds is 14. The third-order valence-corrected chi connectivity index (χ3v) is 9.61. The van der Waals surface area contributed by atoms with Gasteiger partial charge < -0.3 is 19.3 Å². The van der Waals surface area contributed by atoms with E-state index in [1.807, 2.05) is 38.1 Å². The van der Waals surface area contributed by atoms with Gasteiger partial charge in [0.05, 0.1) is 31.4 Å². The summed E-state index contributed by atoms with van der Waals surface area (Å²) in [4.78, 5) is 28.7. The number of benzene rings is 3. The Morgan fingerprint density at radius 3 is 2.43 bits per heavy atom. The third kappa shape index (κ3) is 7.32. The van der Waals surface area contributed by atoms with Crippen LogP contribution in [0.4, 0.5) is 5.13 Å². The number of aliphatic hydroxyl groups is 1. The second-order valence-corrected chi connectivity index (χ2v) is 12.8. The fourth-order valence-corrected chi connectivity index (χ4v) is 7.05. The Labute approximate surface area is 281 Å². The van der Waals surface area contributed by atoms with Gasteiger partial charge in [-0.3, -0.25) is 14.5 Å². The lowest BCUT2D eigenvalue weighted by atomic mass is 9.95. The fraction of sp³-hybridized carbons (Fsp3) is 0.294. The number of halogens is 1. The highest BCUT2D eigenvalue weighted by atomic mass is 35.5. The van der Waals surface area contributed by atoms with Gasteiger partial charge in [-0.05, 0) is 73.9 Å². The lowest BCUT2D eigenvalue weighted by Crippen LogP contribution is -2.29. The number of hydrogen-bond acceptors (Lipinski definition) is 10. The summed E-state index contributed by atoms with van der Waals surface area (Å²) in [5.41, 5.74) is 1.77. The Morgan fingerprint density at radius 1 is 0.957 bits per heavy atom. The minimum atomic E-state index is -1.01. The highest BCUT2D eigenvalue weighted by Gasteiger charge is 2.48. The van der Waals surface area contributed by atoms with Gasteiger partial charge in [0.1, 0.15) is 11.5 Å². The molecule has 12 heteroatoms. The summed E-state index contributed by atoms with van der Waals surface area (Å²) in [5.74, 6) is 0.217. The molecule has 1 N–H and O–H groups in total. The second kappa shape index (κ2) is 15.5. The topological polar surface area (TPSA) is 111 Å². The minimum absolute atomic E-state index is 0.0725. The number of hydrogen-bond donors (Lipinski definition) is 1. The van der Waals surface area contributed by atoms with E-state index in [0.717, 1.165) is 18.4 Å². The van der Waals surface area contributed by atoms with E-state index in [-0.39, 0.29) is 16.5 Å². The number of aromatic nitrogens is 2. The molecule has 0 saturated carbocycles. The normalized spacial score (nSPS) is 15.7. The lowest BCUT2D eigenvalue weighted by Gasteiger charge is -2.23. The Hall–Kier alpha value is -4.06. The molecule has 4 aromatic rings. The molecular formula is C34H34ClN3O6S2. The summed E-state index contributed by atoms with van der Waals surface area (Å²) in [6.07, 6.45) is 1.85. The Morgan fingerprint density at radius 2 is 1.72 bits per heavy atom. The van der Waals surface area contributed by atoms with Crippen LogP contribution >= 0.6 is 34.7 Å². The van der Waals surface area contributed by atoms with E-state index < -0.39 is 17.7 Å². The zero-order valence-electron chi connectivity index (χ0n) is 25.7. The average Bonchev–Trinajstić information content (AvgIpc) is 3.63. The van der Waals surface area contributed by atoms with Crippen molar-refractivity contribution in [3.63, 3.8) is 0 Å². The highest BCUT2D eigenvalue weighted by molar-refractivity contribution is 8.00. The zero-order chi connectivity index (χ0) is 32.6. The minimum Gasteiger partial charge on any atom is -0.507 e. The molecule has 240 valence electrons. The van der Waals surface area contributed by atoms with Crippen LogP contribution in [0.3, 0.4) is 0 Å². The number of carbonyl (C=O) groups excluding carboxylic acids is 2. The van der Waals surface area contributed by atoms with Crippen LogP contribution in [0.25, 0.3) is 5.76 Å². The van der Waals surface area contributed by atoms with Crippen molar-refractivity contribution in [1.29, 1.82) is 0 Å². The summed E-state index contributed by atoms with van der Waals surface area (Å²) in [7, 11) is 0. The van der Waals surface area contributed by atoms with Crippen molar-refractivity contribution in [1.82, 2.24) is 10.2 Å². The summed E-state index contributed by atoms with van der Waals surface area (Å²) in [6, 6.07) is 18.5. The number of thioether (sulfide) groups is 1. The van der Waals surface area contributed by atoms with Crippen molar-refractivity contribution in [2.75, 3.05) is 24.7 Å². The maximum absolute atomic E-state index is 13.7. The molecule has 1 aromatic heterocycles. The molecule has 1 unspecified atom stereocenters. The van der Waals surface area contributed by atoms with Gasteiger partial charge in [-0.25, -0.2) is 0 Å². The molecule has 9 nitrogen and oxygen atoms in total. The Kier molecular flexibility index (Phi) is 11.2. The molecule has 1 atom stereocenters. The van der Waals surface area contributed by atoms with Crippen LogP contribution in [0.15, 0.2) is 76.6 Å². The van der Waals surface area contributed by atoms with Gasteiger partial charge in [-0.1, -0.05) is 72.3 Å². The summed E-state index contributed by atoms with van der Waals surface area (Å²) < 4.78 is 18.0. The smallest absolute Gasteiger partial charge is 0.301 e. The van der Waals surface area contributed by atoms with E-state index in [1.165, 1.54) is 28.0 Å². The quantitative estimate of drug-likeness (QED) is 0.0353. The number of anilines is 1. The molecule has 0 radical (unpaired) electrons. The Bertz CT molecular complexity index is 1730. The molecule has 3 aromatic carbocycles. The molecule has 0 spiro atoms. The molecule has 1 amide bonds. The van der Waals surface area contributed by atoms with Gasteiger partial charge in [-0.15, -0.1) is 10.2 Å². The Balaban J connectivity index is 1.57. The average molecular weight is 680 g/mol. The van der Waals surface area contributed by atoms with Crippen molar-refractivity contribution < 1.29 is 28.9 Å². The van der Waals surface area contributed by atoms with Crippen LogP contribution in [0.5, 0.6) is 17.2 Å². The maximum atomic E-state index is 13.7. The van der Waals surface area contributed by atoms with Crippen LogP contribution in [-0.4, -0.2) is 46.8 Å². The van der Waals surface area contributed by atoms with Crippen molar-refractivity contribution >= 4 is 57.3 Å².